The summed E-state index contributed by atoms with van der Waals surface area (Å²) in [6.45, 7) is 3.78. The first-order valence-electron chi connectivity index (χ1n) is 13.1. The first-order chi connectivity index (χ1) is 19.7. The highest BCUT2D eigenvalue weighted by atomic mass is 19.4. The molecule has 0 bridgehead atoms. The molecule has 0 radical (unpaired) electrons. The minimum Gasteiger partial charge on any atom is -0.480 e. The smallest absolute Gasteiger partial charge is 0.434 e. The van der Waals surface area contributed by atoms with Gasteiger partial charge in [-0.05, 0) is 44.4 Å². The highest BCUT2D eigenvalue weighted by Gasteiger charge is 2.35. The van der Waals surface area contributed by atoms with E-state index in [2.05, 4.69) is 24.9 Å². The summed E-state index contributed by atoms with van der Waals surface area (Å²) in [6.07, 6.45) is 1.69. The monoisotopic (exact) mass is 561 g/mol. The van der Waals surface area contributed by atoms with Crippen LogP contribution in [-0.4, -0.2) is 41.6 Å². The number of benzene rings is 1. The Morgan fingerprint density at radius 3 is 2.44 bits per heavy atom. The Balaban J connectivity index is 1.31. The molecule has 4 heterocycles. The van der Waals surface area contributed by atoms with Crippen LogP contribution in [0.4, 0.5) is 13.2 Å². The Kier molecular flexibility index (Phi) is 6.76. The van der Waals surface area contributed by atoms with Crippen LogP contribution < -0.4 is 9.47 Å². The van der Waals surface area contributed by atoms with Crippen molar-refractivity contribution in [1.29, 1.82) is 0 Å². The summed E-state index contributed by atoms with van der Waals surface area (Å²) in [4.78, 5) is 26.5. The fourth-order valence-electron chi connectivity index (χ4n) is 4.61. The van der Waals surface area contributed by atoms with Crippen LogP contribution in [0.3, 0.4) is 0 Å². The van der Waals surface area contributed by atoms with E-state index in [1.807, 2.05) is 19.9 Å². The summed E-state index contributed by atoms with van der Waals surface area (Å²) in [5.74, 6) is 1.63. The normalized spacial score (nSPS) is 13.6. The number of ether oxygens (including phenoxy) is 2. The highest BCUT2D eigenvalue weighted by Crippen LogP contribution is 2.45. The summed E-state index contributed by atoms with van der Waals surface area (Å²) in [5, 5.41) is 0.635. The largest absolute Gasteiger partial charge is 0.480 e. The lowest BCUT2D eigenvalue weighted by Crippen LogP contribution is -2.05. The van der Waals surface area contributed by atoms with Gasteiger partial charge >= 0.3 is 6.18 Å². The molecule has 4 aromatic heterocycles. The number of aromatic nitrogens is 7. The van der Waals surface area contributed by atoms with Crippen molar-refractivity contribution >= 4 is 11.0 Å². The molecule has 0 saturated heterocycles. The van der Waals surface area contributed by atoms with E-state index in [9.17, 15) is 13.2 Å². The van der Waals surface area contributed by atoms with Gasteiger partial charge in [-0.25, -0.2) is 24.9 Å². The van der Waals surface area contributed by atoms with Gasteiger partial charge in [0.1, 0.15) is 24.3 Å². The van der Waals surface area contributed by atoms with Gasteiger partial charge in [0.05, 0.1) is 18.2 Å². The van der Waals surface area contributed by atoms with E-state index in [4.69, 9.17) is 14.5 Å². The van der Waals surface area contributed by atoms with Crippen molar-refractivity contribution in [1.82, 2.24) is 34.5 Å². The third-order valence-electron chi connectivity index (χ3n) is 6.83. The topological polar surface area (TPSA) is 101 Å². The predicted octanol–water partition coefficient (Wildman–Crippen LogP) is 6.41. The SMILES string of the molecule is COc1ncnc(C2CC2)c1-c1nc(OCc2ccc(-c3nc(C(F)(F)F)cn3C(C)C)cc2)c2cccnc2n1. The van der Waals surface area contributed by atoms with Gasteiger partial charge in [0.25, 0.3) is 0 Å². The average molecular weight is 562 g/mol. The van der Waals surface area contributed by atoms with Crippen LogP contribution in [0.1, 0.15) is 55.6 Å². The second-order valence-electron chi connectivity index (χ2n) is 10.1. The summed E-state index contributed by atoms with van der Waals surface area (Å²) in [5.41, 5.74) is 2.36. The van der Waals surface area contributed by atoms with Crippen LogP contribution in [0.15, 0.2) is 55.1 Å². The molecule has 1 aliphatic rings. The molecule has 0 unspecified atom stereocenters. The van der Waals surface area contributed by atoms with Crippen LogP contribution in [0.2, 0.25) is 0 Å². The zero-order valence-corrected chi connectivity index (χ0v) is 22.6. The Bertz CT molecular complexity index is 1710. The van der Waals surface area contributed by atoms with Crippen LogP contribution in [0.5, 0.6) is 11.8 Å². The first kappa shape index (κ1) is 26.6. The molecule has 0 amide bonds. The van der Waals surface area contributed by atoms with Gasteiger partial charge in [-0.15, -0.1) is 0 Å². The van der Waals surface area contributed by atoms with Gasteiger partial charge in [0.15, 0.2) is 17.2 Å². The second kappa shape index (κ2) is 10.4. The zero-order chi connectivity index (χ0) is 28.7. The number of hydrogen-bond acceptors (Lipinski definition) is 8. The average Bonchev–Trinajstić information content (AvgIpc) is 3.71. The lowest BCUT2D eigenvalue weighted by molar-refractivity contribution is -0.140. The highest BCUT2D eigenvalue weighted by molar-refractivity contribution is 5.83. The molecule has 12 heteroatoms. The van der Waals surface area contributed by atoms with Crippen molar-refractivity contribution in [2.75, 3.05) is 7.11 Å². The number of alkyl halides is 3. The molecule has 0 N–H and O–H groups in total. The van der Waals surface area contributed by atoms with E-state index in [0.29, 0.717) is 45.7 Å². The molecular formula is C29H26F3N7O2. The van der Waals surface area contributed by atoms with Crippen molar-refractivity contribution in [3.8, 4) is 34.5 Å². The third kappa shape index (κ3) is 5.29. The Morgan fingerprint density at radius 1 is 0.976 bits per heavy atom. The van der Waals surface area contributed by atoms with Gasteiger partial charge in [0.2, 0.25) is 11.8 Å². The number of imidazole rings is 1. The lowest BCUT2D eigenvalue weighted by atomic mass is 10.1. The number of nitrogens with zero attached hydrogens (tertiary/aromatic N) is 7. The van der Waals surface area contributed by atoms with Crippen molar-refractivity contribution in [2.45, 2.75) is 51.4 Å². The molecule has 0 atom stereocenters. The van der Waals surface area contributed by atoms with E-state index in [1.54, 1.807) is 43.6 Å². The van der Waals surface area contributed by atoms with Gasteiger partial charge in [0, 0.05) is 29.9 Å². The number of halogens is 3. The number of hydrogen-bond donors (Lipinski definition) is 0. The Hall–Kier alpha value is -4.61. The fourth-order valence-corrected chi connectivity index (χ4v) is 4.61. The molecule has 1 fully saturated rings. The van der Waals surface area contributed by atoms with E-state index >= 15 is 0 Å². The number of fused-ring (bicyclic) bond motifs is 1. The molecule has 41 heavy (non-hydrogen) atoms. The molecule has 1 aliphatic carbocycles. The van der Waals surface area contributed by atoms with Crippen molar-refractivity contribution < 1.29 is 22.6 Å². The molecule has 6 rings (SSSR count). The van der Waals surface area contributed by atoms with Gasteiger partial charge in [-0.1, -0.05) is 24.3 Å². The van der Waals surface area contributed by atoms with E-state index in [1.165, 1.54) is 10.9 Å². The van der Waals surface area contributed by atoms with Crippen LogP contribution in [0, 0.1) is 0 Å². The van der Waals surface area contributed by atoms with E-state index in [0.717, 1.165) is 30.3 Å². The first-order valence-corrected chi connectivity index (χ1v) is 13.1. The van der Waals surface area contributed by atoms with Crippen molar-refractivity contribution in [3.05, 3.63) is 72.1 Å². The standard InChI is InChI=1S/C29H26F3N7O2/c1-16(2)39-13-21(29(30,31)32)36-26(39)19-8-6-17(7-9-19)14-41-27-20-5-4-12-33-24(20)37-25(38-27)22-23(18-10-11-18)34-15-35-28(22)40-3/h4-9,12-13,15-16,18H,10-11,14H2,1-3H3. The van der Waals surface area contributed by atoms with Gasteiger partial charge < -0.3 is 14.0 Å². The molecule has 210 valence electrons. The number of rotatable bonds is 8. The maximum atomic E-state index is 13.3. The predicted molar refractivity (Wildman–Crippen MR) is 144 cm³/mol. The second-order valence-corrected chi connectivity index (χ2v) is 10.1. The third-order valence-corrected chi connectivity index (χ3v) is 6.83. The summed E-state index contributed by atoms with van der Waals surface area (Å²) < 4.78 is 53.2. The maximum Gasteiger partial charge on any atom is 0.434 e. The summed E-state index contributed by atoms with van der Waals surface area (Å²) >= 11 is 0. The molecular weight excluding hydrogens is 535 g/mol. The Labute approximate surface area is 233 Å². The molecule has 0 spiro atoms. The van der Waals surface area contributed by atoms with E-state index < -0.39 is 11.9 Å². The Morgan fingerprint density at radius 2 is 1.76 bits per heavy atom. The van der Waals surface area contributed by atoms with Crippen molar-refractivity contribution in [2.24, 2.45) is 0 Å². The van der Waals surface area contributed by atoms with Gasteiger partial charge in [-0.2, -0.15) is 18.2 Å². The summed E-state index contributed by atoms with van der Waals surface area (Å²) in [7, 11) is 1.54. The molecule has 5 aromatic rings. The molecule has 0 aliphatic heterocycles. The van der Waals surface area contributed by atoms with Crippen LogP contribution in [0.25, 0.3) is 33.8 Å². The zero-order valence-electron chi connectivity index (χ0n) is 22.6. The quantitative estimate of drug-likeness (QED) is 0.214. The minimum atomic E-state index is -4.52. The maximum absolute atomic E-state index is 13.3. The van der Waals surface area contributed by atoms with Crippen molar-refractivity contribution in [3.63, 3.8) is 0 Å². The number of pyridine rings is 1. The fraction of sp³-hybridized carbons (Fsp3) is 0.310. The minimum absolute atomic E-state index is 0.158. The molecule has 1 saturated carbocycles. The van der Waals surface area contributed by atoms with Crippen LogP contribution in [-0.2, 0) is 12.8 Å². The molecule has 1 aromatic carbocycles. The number of methoxy groups -OCH3 is 1. The van der Waals surface area contributed by atoms with Crippen LogP contribution >= 0.6 is 0 Å². The lowest BCUT2D eigenvalue weighted by Gasteiger charge is -2.14. The summed E-state index contributed by atoms with van der Waals surface area (Å²) in [6, 6.07) is 10.5. The van der Waals surface area contributed by atoms with Gasteiger partial charge in [-0.3, -0.25) is 0 Å². The van der Waals surface area contributed by atoms with E-state index in [-0.39, 0.29) is 18.5 Å². The molecule has 9 nitrogen and oxygen atoms in total.